The quantitative estimate of drug-likeness (QED) is 0.408. The van der Waals surface area contributed by atoms with Gasteiger partial charge in [0.25, 0.3) is 15.9 Å². The van der Waals surface area contributed by atoms with Crippen LogP contribution < -0.4 is 5.48 Å². The van der Waals surface area contributed by atoms with Gasteiger partial charge in [-0.25, -0.2) is 22.6 Å². The lowest BCUT2D eigenvalue weighted by Gasteiger charge is -2.07. The number of benzene rings is 1. The minimum absolute atomic E-state index is 0.127. The van der Waals surface area contributed by atoms with Gasteiger partial charge in [-0.15, -0.1) is 0 Å². The van der Waals surface area contributed by atoms with Crippen LogP contribution in [0.4, 0.5) is 0 Å². The van der Waals surface area contributed by atoms with Crippen molar-refractivity contribution in [2.45, 2.75) is 4.90 Å². The molecule has 8 nitrogen and oxygen atoms in total. The maximum absolute atomic E-state index is 12.6. The molecule has 0 saturated heterocycles. The van der Waals surface area contributed by atoms with Crippen LogP contribution in [0.25, 0.3) is 11.8 Å². The van der Waals surface area contributed by atoms with E-state index in [9.17, 15) is 13.2 Å². The second-order valence-corrected chi connectivity index (χ2v) is 6.88. The van der Waals surface area contributed by atoms with Crippen molar-refractivity contribution in [1.29, 1.82) is 0 Å². The number of carbonyl (C=O) groups excluding carboxylic acids is 1. The lowest BCUT2D eigenvalue weighted by Crippen LogP contribution is -2.14. The molecule has 1 aromatic carbocycles. The standard InChI is InChI=1S/C16H14N4O4S/c21-16(18-22)7-2-13-8-11-19(12-13)25(23,24)15-5-3-14(4-6-15)20-10-1-9-17-20/h1-12,22H,(H,18,21)/b7-2+. The second kappa shape index (κ2) is 6.75. The molecule has 128 valence electrons. The number of nitrogens with zero attached hydrogens (tertiary/aromatic N) is 3. The maximum atomic E-state index is 12.6. The van der Waals surface area contributed by atoms with Gasteiger partial charge in [-0.1, -0.05) is 0 Å². The Morgan fingerprint density at radius 1 is 1.16 bits per heavy atom. The molecule has 0 unspecified atom stereocenters. The first-order valence-corrected chi connectivity index (χ1v) is 8.60. The number of amides is 1. The fourth-order valence-electron chi connectivity index (χ4n) is 2.16. The number of aromatic nitrogens is 3. The van der Waals surface area contributed by atoms with E-state index in [4.69, 9.17) is 5.21 Å². The monoisotopic (exact) mass is 358 g/mol. The molecule has 3 aromatic rings. The zero-order chi connectivity index (χ0) is 17.9. The molecule has 1 amide bonds. The Balaban J connectivity index is 1.85. The third kappa shape index (κ3) is 3.52. The Hall–Kier alpha value is -3.17. The predicted octanol–water partition coefficient (Wildman–Crippen LogP) is 1.43. The van der Waals surface area contributed by atoms with Gasteiger partial charge >= 0.3 is 0 Å². The lowest BCUT2D eigenvalue weighted by atomic mass is 10.3. The minimum Gasteiger partial charge on any atom is -0.288 e. The summed E-state index contributed by atoms with van der Waals surface area (Å²) in [4.78, 5) is 11.1. The van der Waals surface area contributed by atoms with Gasteiger partial charge < -0.3 is 0 Å². The van der Waals surface area contributed by atoms with Crippen LogP contribution in [-0.2, 0) is 14.8 Å². The van der Waals surface area contributed by atoms with E-state index in [-0.39, 0.29) is 4.90 Å². The van der Waals surface area contributed by atoms with E-state index < -0.39 is 15.9 Å². The molecule has 0 radical (unpaired) electrons. The topological polar surface area (TPSA) is 106 Å². The molecular weight excluding hydrogens is 344 g/mol. The molecular formula is C16H14N4O4S. The van der Waals surface area contributed by atoms with Gasteiger partial charge in [0.05, 0.1) is 10.6 Å². The third-order valence-electron chi connectivity index (χ3n) is 3.41. The number of carbonyl (C=O) groups is 1. The van der Waals surface area contributed by atoms with Gasteiger partial charge in [0.2, 0.25) is 0 Å². The highest BCUT2D eigenvalue weighted by Gasteiger charge is 2.16. The number of hydroxylamine groups is 1. The summed E-state index contributed by atoms with van der Waals surface area (Å²) in [5, 5.41) is 12.5. The molecule has 2 heterocycles. The summed E-state index contributed by atoms with van der Waals surface area (Å²) < 4.78 is 28.0. The van der Waals surface area contributed by atoms with Gasteiger partial charge in [0.15, 0.2) is 0 Å². The van der Waals surface area contributed by atoms with Gasteiger partial charge in [-0.2, -0.15) is 5.10 Å². The van der Waals surface area contributed by atoms with Gasteiger partial charge in [0.1, 0.15) is 0 Å². The van der Waals surface area contributed by atoms with Crippen LogP contribution in [0.1, 0.15) is 5.56 Å². The number of rotatable bonds is 5. The molecule has 0 atom stereocenters. The first-order chi connectivity index (χ1) is 12.0. The normalized spacial score (nSPS) is 11.7. The molecule has 25 heavy (non-hydrogen) atoms. The van der Waals surface area contributed by atoms with Crippen LogP contribution in [0, 0.1) is 0 Å². The largest absolute Gasteiger partial charge is 0.288 e. The van der Waals surface area contributed by atoms with E-state index in [0.29, 0.717) is 5.56 Å². The van der Waals surface area contributed by atoms with Crippen molar-refractivity contribution in [2.24, 2.45) is 0 Å². The van der Waals surface area contributed by atoms with E-state index in [2.05, 4.69) is 5.10 Å². The first-order valence-electron chi connectivity index (χ1n) is 7.16. The second-order valence-electron chi connectivity index (χ2n) is 5.03. The van der Waals surface area contributed by atoms with Crippen molar-refractivity contribution in [3.8, 4) is 5.69 Å². The van der Waals surface area contributed by atoms with E-state index in [1.807, 2.05) is 0 Å². The SMILES string of the molecule is O=C(/C=C/c1ccn(S(=O)(=O)c2ccc(-n3cccn3)cc2)c1)NO. The Kier molecular flexibility index (Phi) is 4.50. The van der Waals surface area contributed by atoms with Crippen molar-refractivity contribution in [3.05, 3.63) is 72.8 Å². The van der Waals surface area contributed by atoms with Gasteiger partial charge in [-0.05, 0) is 48.0 Å². The highest BCUT2D eigenvalue weighted by Crippen LogP contribution is 2.18. The van der Waals surface area contributed by atoms with Crippen molar-refractivity contribution in [3.63, 3.8) is 0 Å². The fraction of sp³-hybridized carbons (Fsp3) is 0. The molecule has 9 heteroatoms. The van der Waals surface area contributed by atoms with E-state index >= 15 is 0 Å². The van der Waals surface area contributed by atoms with Crippen LogP contribution in [0.15, 0.2) is 72.2 Å². The van der Waals surface area contributed by atoms with E-state index in [1.165, 1.54) is 42.1 Å². The molecule has 0 aliphatic carbocycles. The Morgan fingerprint density at radius 3 is 2.56 bits per heavy atom. The predicted molar refractivity (Wildman–Crippen MR) is 89.5 cm³/mol. The molecule has 0 fully saturated rings. The first kappa shape index (κ1) is 16.7. The molecule has 3 rings (SSSR count). The number of nitrogens with one attached hydrogen (secondary N) is 1. The Morgan fingerprint density at radius 2 is 1.92 bits per heavy atom. The summed E-state index contributed by atoms with van der Waals surface area (Å²) in [7, 11) is -3.74. The molecule has 0 aliphatic heterocycles. The average molecular weight is 358 g/mol. The van der Waals surface area contributed by atoms with Crippen LogP contribution in [0.3, 0.4) is 0 Å². The number of hydrogen-bond donors (Lipinski definition) is 2. The summed E-state index contributed by atoms with van der Waals surface area (Å²) in [6, 6.07) is 9.64. The molecule has 0 spiro atoms. The fourth-order valence-corrected chi connectivity index (χ4v) is 3.37. The van der Waals surface area contributed by atoms with Crippen LogP contribution >= 0.6 is 0 Å². The van der Waals surface area contributed by atoms with Crippen LogP contribution in [-0.4, -0.2) is 33.3 Å². The van der Waals surface area contributed by atoms with Crippen LogP contribution in [0.2, 0.25) is 0 Å². The summed E-state index contributed by atoms with van der Waals surface area (Å²) in [5.74, 6) is -0.704. The summed E-state index contributed by atoms with van der Waals surface area (Å²) in [5.41, 5.74) is 2.70. The van der Waals surface area contributed by atoms with Crippen molar-refractivity contribution >= 4 is 22.0 Å². The summed E-state index contributed by atoms with van der Waals surface area (Å²) in [6.07, 6.45) is 8.63. The highest BCUT2D eigenvalue weighted by molar-refractivity contribution is 7.90. The average Bonchev–Trinajstić information content (AvgIpc) is 3.31. The van der Waals surface area contributed by atoms with Crippen LogP contribution in [0.5, 0.6) is 0 Å². The van der Waals surface area contributed by atoms with Crippen molar-refractivity contribution < 1.29 is 18.4 Å². The lowest BCUT2D eigenvalue weighted by molar-refractivity contribution is -0.124. The van der Waals surface area contributed by atoms with Gasteiger partial charge in [-0.3, -0.25) is 10.0 Å². The zero-order valence-electron chi connectivity index (χ0n) is 12.9. The smallest absolute Gasteiger partial charge is 0.267 e. The summed E-state index contributed by atoms with van der Waals surface area (Å²) in [6.45, 7) is 0. The van der Waals surface area contributed by atoms with Crippen molar-refractivity contribution in [1.82, 2.24) is 19.2 Å². The minimum atomic E-state index is -3.74. The Labute approximate surface area is 143 Å². The summed E-state index contributed by atoms with van der Waals surface area (Å²) >= 11 is 0. The number of hydrogen-bond acceptors (Lipinski definition) is 5. The van der Waals surface area contributed by atoms with E-state index in [1.54, 1.807) is 35.3 Å². The maximum Gasteiger partial charge on any atom is 0.267 e. The zero-order valence-corrected chi connectivity index (χ0v) is 13.7. The molecule has 2 N–H and O–H groups in total. The molecule has 2 aromatic heterocycles. The highest BCUT2D eigenvalue weighted by atomic mass is 32.2. The molecule has 0 saturated carbocycles. The Bertz CT molecular complexity index is 1000. The van der Waals surface area contributed by atoms with Gasteiger partial charge in [0, 0.05) is 30.9 Å². The molecule has 0 bridgehead atoms. The third-order valence-corrected chi connectivity index (χ3v) is 5.06. The van der Waals surface area contributed by atoms with E-state index in [0.717, 1.165) is 15.7 Å². The van der Waals surface area contributed by atoms with Crippen molar-refractivity contribution in [2.75, 3.05) is 0 Å². The molecule has 0 aliphatic rings.